The van der Waals surface area contributed by atoms with Crippen molar-refractivity contribution in [3.05, 3.63) is 40.2 Å². The molecular formula is C20H29N3O4S. The fraction of sp³-hybridized carbons (Fsp3) is 0.550. The third-order valence-corrected chi connectivity index (χ3v) is 7.15. The first kappa shape index (κ1) is 21.0. The SMILES string of the molecule is Cc1cc(=O)[nH]c2ccc(S(=O)(=O)N3CCN(CC(C)C)C(CCO)C3)cc12. The molecule has 1 aromatic heterocycles. The Morgan fingerprint density at radius 1 is 1.25 bits per heavy atom. The molecule has 1 unspecified atom stereocenters. The summed E-state index contributed by atoms with van der Waals surface area (Å²) in [5.41, 5.74) is 1.17. The van der Waals surface area contributed by atoms with Crippen LogP contribution in [-0.4, -0.2) is 66.5 Å². The van der Waals surface area contributed by atoms with Crippen LogP contribution in [0, 0.1) is 12.8 Å². The second-order valence-corrected chi connectivity index (χ2v) is 9.88. The van der Waals surface area contributed by atoms with Crippen molar-refractivity contribution in [2.24, 2.45) is 5.92 Å². The minimum Gasteiger partial charge on any atom is -0.396 e. The fourth-order valence-electron chi connectivity index (χ4n) is 3.93. The lowest BCUT2D eigenvalue weighted by Gasteiger charge is -2.41. The number of rotatable bonds is 6. The second-order valence-electron chi connectivity index (χ2n) is 7.94. The highest BCUT2D eigenvalue weighted by Gasteiger charge is 2.34. The number of hydrogen-bond acceptors (Lipinski definition) is 5. The molecule has 7 nitrogen and oxygen atoms in total. The summed E-state index contributed by atoms with van der Waals surface area (Å²) in [6, 6.07) is 6.32. The average Bonchev–Trinajstić information content (AvgIpc) is 2.62. The van der Waals surface area contributed by atoms with Crippen molar-refractivity contribution in [1.82, 2.24) is 14.2 Å². The molecule has 0 spiro atoms. The van der Waals surface area contributed by atoms with Crippen molar-refractivity contribution in [2.75, 3.05) is 32.8 Å². The van der Waals surface area contributed by atoms with Crippen LogP contribution in [0.15, 0.2) is 34.0 Å². The van der Waals surface area contributed by atoms with Crippen molar-refractivity contribution < 1.29 is 13.5 Å². The van der Waals surface area contributed by atoms with Gasteiger partial charge in [-0.2, -0.15) is 4.31 Å². The molecule has 1 fully saturated rings. The maximum atomic E-state index is 13.3. The molecule has 0 saturated carbocycles. The highest BCUT2D eigenvalue weighted by Crippen LogP contribution is 2.25. The van der Waals surface area contributed by atoms with E-state index in [9.17, 15) is 18.3 Å². The first-order chi connectivity index (χ1) is 13.2. The highest BCUT2D eigenvalue weighted by atomic mass is 32.2. The van der Waals surface area contributed by atoms with Gasteiger partial charge in [0.15, 0.2) is 0 Å². The number of hydrogen-bond donors (Lipinski definition) is 2. The van der Waals surface area contributed by atoms with E-state index in [4.69, 9.17) is 0 Å². The monoisotopic (exact) mass is 407 g/mol. The molecule has 8 heteroatoms. The number of benzene rings is 1. The number of aromatic amines is 1. The summed E-state index contributed by atoms with van der Waals surface area (Å²) in [6.45, 7) is 8.47. The Kier molecular flexibility index (Phi) is 6.24. The molecule has 1 atom stereocenters. The molecule has 154 valence electrons. The molecule has 0 amide bonds. The first-order valence-corrected chi connectivity index (χ1v) is 11.1. The Morgan fingerprint density at radius 3 is 2.68 bits per heavy atom. The van der Waals surface area contributed by atoms with E-state index in [1.165, 1.54) is 10.4 Å². The maximum Gasteiger partial charge on any atom is 0.248 e. The molecule has 1 aromatic carbocycles. The number of piperazine rings is 1. The van der Waals surface area contributed by atoms with E-state index in [1.54, 1.807) is 25.1 Å². The van der Waals surface area contributed by atoms with Gasteiger partial charge in [0.1, 0.15) is 0 Å². The number of H-pyrrole nitrogens is 1. The topological polar surface area (TPSA) is 93.7 Å². The number of nitrogens with one attached hydrogen (secondary N) is 1. The zero-order valence-corrected chi connectivity index (χ0v) is 17.5. The van der Waals surface area contributed by atoms with Crippen LogP contribution >= 0.6 is 0 Å². The lowest BCUT2D eigenvalue weighted by Crippen LogP contribution is -2.55. The van der Waals surface area contributed by atoms with E-state index >= 15 is 0 Å². The third kappa shape index (κ3) is 4.30. The number of sulfonamides is 1. The molecule has 28 heavy (non-hydrogen) atoms. The summed E-state index contributed by atoms with van der Waals surface area (Å²) in [7, 11) is -3.65. The van der Waals surface area contributed by atoms with Crippen LogP contribution in [0.5, 0.6) is 0 Å². The van der Waals surface area contributed by atoms with Crippen molar-refractivity contribution in [2.45, 2.75) is 38.1 Å². The zero-order chi connectivity index (χ0) is 20.5. The van der Waals surface area contributed by atoms with Crippen LogP contribution in [0.1, 0.15) is 25.8 Å². The lowest BCUT2D eigenvalue weighted by molar-refractivity contribution is 0.0853. The quantitative estimate of drug-likeness (QED) is 0.758. The van der Waals surface area contributed by atoms with E-state index in [2.05, 4.69) is 23.7 Å². The number of nitrogens with zero attached hydrogens (tertiary/aromatic N) is 2. The van der Waals surface area contributed by atoms with Gasteiger partial charge in [-0.3, -0.25) is 9.69 Å². The number of aromatic nitrogens is 1. The minimum atomic E-state index is -3.65. The predicted molar refractivity (Wildman–Crippen MR) is 110 cm³/mol. The Bertz CT molecular complexity index is 1000. The van der Waals surface area contributed by atoms with Crippen LogP contribution in [0.4, 0.5) is 0 Å². The third-order valence-electron chi connectivity index (χ3n) is 5.29. The van der Waals surface area contributed by atoms with Gasteiger partial charge in [-0.25, -0.2) is 8.42 Å². The van der Waals surface area contributed by atoms with Crippen molar-refractivity contribution in [3.8, 4) is 0 Å². The van der Waals surface area contributed by atoms with Gasteiger partial charge in [0.2, 0.25) is 15.6 Å². The highest BCUT2D eigenvalue weighted by molar-refractivity contribution is 7.89. The molecule has 2 aromatic rings. The Balaban J connectivity index is 1.90. The van der Waals surface area contributed by atoms with Crippen LogP contribution in [0.25, 0.3) is 10.9 Å². The van der Waals surface area contributed by atoms with Gasteiger partial charge < -0.3 is 10.1 Å². The predicted octanol–water partition coefficient (Wildman–Crippen LogP) is 1.55. The number of aliphatic hydroxyl groups is 1. The summed E-state index contributed by atoms with van der Waals surface area (Å²) < 4.78 is 28.0. The van der Waals surface area contributed by atoms with E-state index in [0.717, 1.165) is 17.5 Å². The van der Waals surface area contributed by atoms with Crippen LogP contribution < -0.4 is 5.56 Å². The molecule has 1 saturated heterocycles. The smallest absolute Gasteiger partial charge is 0.248 e. The van der Waals surface area contributed by atoms with E-state index in [-0.39, 0.29) is 23.1 Å². The minimum absolute atomic E-state index is 0.00877. The molecule has 0 radical (unpaired) electrons. The number of aliphatic hydroxyl groups excluding tert-OH is 1. The Morgan fingerprint density at radius 2 is 2.00 bits per heavy atom. The van der Waals surface area contributed by atoms with Gasteiger partial charge >= 0.3 is 0 Å². The fourth-order valence-corrected chi connectivity index (χ4v) is 5.42. The Hall–Kier alpha value is -1.74. The summed E-state index contributed by atoms with van der Waals surface area (Å²) in [5, 5.41) is 10.2. The van der Waals surface area contributed by atoms with E-state index in [1.807, 2.05) is 0 Å². The van der Waals surface area contributed by atoms with Gasteiger partial charge in [0.05, 0.1) is 4.90 Å². The maximum absolute atomic E-state index is 13.3. The van der Waals surface area contributed by atoms with Gasteiger partial charge in [-0.15, -0.1) is 0 Å². The van der Waals surface area contributed by atoms with Crippen LogP contribution in [0.2, 0.25) is 0 Å². The molecule has 1 aliphatic heterocycles. The second kappa shape index (κ2) is 8.32. The first-order valence-electron chi connectivity index (χ1n) is 9.71. The summed E-state index contributed by atoms with van der Waals surface area (Å²) in [5.74, 6) is 0.481. The zero-order valence-electron chi connectivity index (χ0n) is 16.7. The molecule has 2 N–H and O–H groups in total. The number of fused-ring (bicyclic) bond motifs is 1. The number of aryl methyl sites for hydroxylation is 1. The summed E-state index contributed by atoms with van der Waals surface area (Å²) in [6.07, 6.45) is 0.552. The van der Waals surface area contributed by atoms with E-state index in [0.29, 0.717) is 37.5 Å². The van der Waals surface area contributed by atoms with Crippen molar-refractivity contribution in [1.29, 1.82) is 0 Å². The molecular weight excluding hydrogens is 378 g/mol. The van der Waals surface area contributed by atoms with Gasteiger partial charge in [0.25, 0.3) is 0 Å². The van der Waals surface area contributed by atoms with Gasteiger partial charge in [-0.05, 0) is 43.0 Å². The van der Waals surface area contributed by atoms with E-state index < -0.39 is 10.0 Å². The standard InChI is InChI=1S/C20H29N3O4S/c1-14(2)12-22-7-8-23(13-16(22)6-9-24)28(26,27)17-4-5-19-18(11-17)15(3)10-20(25)21-19/h4-5,10-11,14,16,24H,6-9,12-13H2,1-3H3,(H,21,25). The van der Waals surface area contributed by atoms with Crippen molar-refractivity contribution >= 4 is 20.9 Å². The summed E-state index contributed by atoms with van der Waals surface area (Å²) >= 11 is 0. The van der Waals surface area contributed by atoms with Crippen molar-refractivity contribution in [3.63, 3.8) is 0 Å². The summed E-state index contributed by atoms with van der Waals surface area (Å²) in [4.78, 5) is 16.9. The van der Waals surface area contributed by atoms with Gasteiger partial charge in [0, 0.05) is 55.8 Å². The molecule has 3 rings (SSSR count). The van der Waals surface area contributed by atoms with Crippen LogP contribution in [0.3, 0.4) is 0 Å². The average molecular weight is 408 g/mol. The number of pyridine rings is 1. The van der Waals surface area contributed by atoms with Gasteiger partial charge in [-0.1, -0.05) is 13.8 Å². The normalized spacial score (nSPS) is 19.5. The Labute approximate surface area is 166 Å². The van der Waals surface area contributed by atoms with Crippen LogP contribution in [-0.2, 0) is 10.0 Å². The molecule has 0 bridgehead atoms. The largest absolute Gasteiger partial charge is 0.396 e. The molecule has 2 heterocycles. The molecule has 1 aliphatic rings. The molecule has 0 aliphatic carbocycles. The lowest BCUT2D eigenvalue weighted by atomic mass is 10.1.